The Balaban J connectivity index is 2.34. The molecule has 1 atom stereocenters. The molecule has 0 spiro atoms. The standard InChI is InChI=1S/C6H10OS/c1-5-3-2-4-6(7)8-5/h5H,2-4H2,1H3/t5-/m1/s1. The first-order valence-corrected chi connectivity index (χ1v) is 3.86. The summed E-state index contributed by atoms with van der Waals surface area (Å²) in [6.07, 6.45) is 3.12. The van der Waals surface area contributed by atoms with E-state index in [1.165, 1.54) is 18.2 Å². The molecule has 1 fully saturated rings. The number of carbonyl (C=O) groups excluding carboxylic acids is 1. The molecule has 0 saturated carbocycles. The van der Waals surface area contributed by atoms with Crippen LogP contribution in [0.1, 0.15) is 26.2 Å². The van der Waals surface area contributed by atoms with Crippen LogP contribution in [-0.2, 0) is 4.79 Å². The predicted molar refractivity (Wildman–Crippen MR) is 35.9 cm³/mol. The zero-order valence-corrected chi connectivity index (χ0v) is 5.83. The molecule has 0 amide bonds. The summed E-state index contributed by atoms with van der Waals surface area (Å²) in [6, 6.07) is 0. The van der Waals surface area contributed by atoms with Crippen LogP contribution < -0.4 is 0 Å². The lowest BCUT2D eigenvalue weighted by Crippen LogP contribution is -2.08. The summed E-state index contributed by atoms with van der Waals surface area (Å²) in [5.41, 5.74) is 0. The van der Waals surface area contributed by atoms with Gasteiger partial charge < -0.3 is 0 Å². The highest BCUT2D eigenvalue weighted by Gasteiger charge is 2.14. The highest BCUT2D eigenvalue weighted by molar-refractivity contribution is 8.14. The minimum atomic E-state index is 0.378. The summed E-state index contributed by atoms with van der Waals surface area (Å²) in [5.74, 6) is 0. The van der Waals surface area contributed by atoms with Crippen molar-refractivity contribution >= 4 is 16.9 Å². The van der Waals surface area contributed by atoms with Crippen molar-refractivity contribution in [1.29, 1.82) is 0 Å². The Morgan fingerprint density at radius 1 is 1.75 bits per heavy atom. The van der Waals surface area contributed by atoms with Gasteiger partial charge in [-0.3, -0.25) is 4.79 Å². The maximum absolute atomic E-state index is 10.6. The maximum atomic E-state index is 10.6. The summed E-state index contributed by atoms with van der Waals surface area (Å²) >= 11 is 1.50. The Bertz CT molecular complexity index is 101. The van der Waals surface area contributed by atoms with Crippen molar-refractivity contribution in [2.24, 2.45) is 0 Å². The third-order valence-electron chi connectivity index (χ3n) is 1.32. The molecule has 0 aromatic carbocycles. The van der Waals surface area contributed by atoms with Crippen LogP contribution in [0.5, 0.6) is 0 Å². The third-order valence-corrected chi connectivity index (χ3v) is 2.43. The summed E-state index contributed by atoms with van der Waals surface area (Å²) in [4.78, 5) is 10.6. The zero-order chi connectivity index (χ0) is 5.98. The zero-order valence-electron chi connectivity index (χ0n) is 5.02. The SMILES string of the molecule is C[C@@H]1CCCC(=O)S1. The molecule has 1 aliphatic rings. The minimum absolute atomic E-state index is 0.378. The number of carbonyl (C=O) groups is 1. The van der Waals surface area contributed by atoms with Gasteiger partial charge >= 0.3 is 0 Å². The summed E-state index contributed by atoms with van der Waals surface area (Å²) in [5, 5.41) is 0.958. The smallest absolute Gasteiger partial charge is 0.189 e. The van der Waals surface area contributed by atoms with Gasteiger partial charge in [-0.25, -0.2) is 0 Å². The van der Waals surface area contributed by atoms with Gasteiger partial charge in [0.05, 0.1) is 0 Å². The molecule has 0 unspecified atom stereocenters. The molecule has 2 heteroatoms. The molecule has 0 radical (unpaired) electrons. The van der Waals surface area contributed by atoms with E-state index in [0.717, 1.165) is 12.8 Å². The molecule has 1 nitrogen and oxygen atoms in total. The van der Waals surface area contributed by atoms with Crippen LogP contribution in [0.15, 0.2) is 0 Å². The Kier molecular flexibility index (Phi) is 1.95. The van der Waals surface area contributed by atoms with E-state index in [1.807, 2.05) is 0 Å². The average molecular weight is 130 g/mol. The molecule has 8 heavy (non-hydrogen) atoms. The lowest BCUT2D eigenvalue weighted by atomic mass is 10.2. The van der Waals surface area contributed by atoms with Crippen molar-refractivity contribution in [3.63, 3.8) is 0 Å². The number of rotatable bonds is 0. The van der Waals surface area contributed by atoms with E-state index in [2.05, 4.69) is 6.92 Å². The molecule has 0 bridgehead atoms. The molecule has 1 heterocycles. The van der Waals surface area contributed by atoms with E-state index in [1.54, 1.807) is 0 Å². The van der Waals surface area contributed by atoms with Gasteiger partial charge in [0.25, 0.3) is 0 Å². The van der Waals surface area contributed by atoms with Crippen LogP contribution >= 0.6 is 11.8 Å². The first-order chi connectivity index (χ1) is 3.79. The van der Waals surface area contributed by atoms with Crippen LogP contribution in [0, 0.1) is 0 Å². The molecule has 46 valence electrons. The first-order valence-electron chi connectivity index (χ1n) is 2.98. The molecule has 1 aliphatic heterocycles. The van der Waals surface area contributed by atoms with Gasteiger partial charge in [0.2, 0.25) is 0 Å². The topological polar surface area (TPSA) is 17.1 Å². The van der Waals surface area contributed by atoms with Gasteiger partial charge in [0.15, 0.2) is 5.12 Å². The highest BCUT2D eigenvalue weighted by atomic mass is 32.2. The normalized spacial score (nSPS) is 30.6. The largest absolute Gasteiger partial charge is 0.287 e. The van der Waals surface area contributed by atoms with E-state index in [4.69, 9.17) is 0 Å². The van der Waals surface area contributed by atoms with Crippen LogP contribution in [0.25, 0.3) is 0 Å². The summed E-state index contributed by atoms with van der Waals surface area (Å²) in [6.45, 7) is 2.11. The average Bonchev–Trinajstić information content (AvgIpc) is 1.64. The van der Waals surface area contributed by atoms with Crippen molar-refractivity contribution in [3.8, 4) is 0 Å². The van der Waals surface area contributed by atoms with Crippen LogP contribution in [0.2, 0.25) is 0 Å². The molecule has 0 aliphatic carbocycles. The van der Waals surface area contributed by atoms with Crippen LogP contribution in [0.3, 0.4) is 0 Å². The Labute approximate surface area is 53.8 Å². The Hall–Kier alpha value is 0.0200. The lowest BCUT2D eigenvalue weighted by Gasteiger charge is -2.14. The number of hydrogen-bond acceptors (Lipinski definition) is 2. The molecular formula is C6H10OS. The first kappa shape index (κ1) is 6.14. The lowest BCUT2D eigenvalue weighted by molar-refractivity contribution is -0.111. The van der Waals surface area contributed by atoms with Gasteiger partial charge in [-0.1, -0.05) is 18.7 Å². The summed E-state index contributed by atoms with van der Waals surface area (Å²) < 4.78 is 0. The predicted octanol–water partition coefficient (Wildman–Crippen LogP) is 1.82. The molecule has 0 aromatic rings. The van der Waals surface area contributed by atoms with Crippen molar-refractivity contribution in [2.75, 3.05) is 0 Å². The van der Waals surface area contributed by atoms with Crippen LogP contribution in [0.4, 0.5) is 0 Å². The van der Waals surface area contributed by atoms with Gasteiger partial charge in [-0.05, 0) is 12.8 Å². The van der Waals surface area contributed by atoms with Crippen molar-refractivity contribution in [2.45, 2.75) is 31.4 Å². The molecular weight excluding hydrogens is 120 g/mol. The van der Waals surface area contributed by atoms with Crippen LogP contribution in [-0.4, -0.2) is 10.4 Å². The maximum Gasteiger partial charge on any atom is 0.189 e. The second kappa shape index (κ2) is 2.53. The highest BCUT2D eigenvalue weighted by Crippen LogP contribution is 2.25. The number of hydrogen-bond donors (Lipinski definition) is 0. The minimum Gasteiger partial charge on any atom is -0.287 e. The number of thioether (sulfide) groups is 1. The molecule has 0 N–H and O–H groups in total. The fourth-order valence-electron chi connectivity index (χ4n) is 0.876. The van der Waals surface area contributed by atoms with Crippen molar-refractivity contribution in [3.05, 3.63) is 0 Å². The Morgan fingerprint density at radius 2 is 2.50 bits per heavy atom. The van der Waals surface area contributed by atoms with E-state index < -0.39 is 0 Å². The molecule has 1 saturated heterocycles. The van der Waals surface area contributed by atoms with Gasteiger partial charge in [0, 0.05) is 11.7 Å². The second-order valence-electron chi connectivity index (χ2n) is 2.19. The molecule has 0 aromatic heterocycles. The fraction of sp³-hybridized carbons (Fsp3) is 0.833. The van der Waals surface area contributed by atoms with E-state index in [9.17, 15) is 4.79 Å². The fourth-order valence-corrected chi connectivity index (χ4v) is 1.87. The van der Waals surface area contributed by atoms with Gasteiger partial charge in [-0.15, -0.1) is 0 Å². The summed E-state index contributed by atoms with van der Waals surface area (Å²) in [7, 11) is 0. The third kappa shape index (κ3) is 1.51. The van der Waals surface area contributed by atoms with E-state index >= 15 is 0 Å². The Morgan fingerprint density at radius 3 is 2.88 bits per heavy atom. The quantitative estimate of drug-likeness (QED) is 0.497. The monoisotopic (exact) mass is 130 g/mol. The van der Waals surface area contributed by atoms with Crippen molar-refractivity contribution in [1.82, 2.24) is 0 Å². The van der Waals surface area contributed by atoms with E-state index in [0.29, 0.717) is 10.4 Å². The second-order valence-corrected chi connectivity index (χ2v) is 3.69. The van der Waals surface area contributed by atoms with Gasteiger partial charge in [-0.2, -0.15) is 0 Å². The molecule has 1 rings (SSSR count). The van der Waals surface area contributed by atoms with Crippen molar-refractivity contribution < 1.29 is 4.79 Å². The van der Waals surface area contributed by atoms with Gasteiger partial charge in [0.1, 0.15) is 0 Å². The van der Waals surface area contributed by atoms with E-state index in [-0.39, 0.29) is 0 Å².